The highest BCUT2D eigenvalue weighted by molar-refractivity contribution is 5.86. The van der Waals surface area contributed by atoms with Crippen LogP contribution >= 0.6 is 0 Å². The van der Waals surface area contributed by atoms with Gasteiger partial charge >= 0.3 is 0 Å². The third-order valence-corrected chi connectivity index (χ3v) is 2.83. The molecule has 0 spiro atoms. The van der Waals surface area contributed by atoms with Gasteiger partial charge in [-0.15, -0.1) is 0 Å². The van der Waals surface area contributed by atoms with Gasteiger partial charge in [0.25, 0.3) is 0 Å². The standard InChI is InChI=1S/C16H16N2O2/c1-11-3-5-13(15(19)7-11)9-17-18-10-14-6-4-12(2)8-16(14)20/h3-10,19-20H,1-2H3/b17-9+,18-10+. The highest BCUT2D eigenvalue weighted by Gasteiger charge is 1.98. The molecule has 4 nitrogen and oxygen atoms in total. The van der Waals surface area contributed by atoms with Gasteiger partial charge in [0.15, 0.2) is 0 Å². The van der Waals surface area contributed by atoms with Gasteiger partial charge in [0.05, 0.1) is 12.4 Å². The van der Waals surface area contributed by atoms with Gasteiger partial charge in [0, 0.05) is 11.1 Å². The molecular weight excluding hydrogens is 252 g/mol. The Morgan fingerprint density at radius 1 is 0.750 bits per heavy atom. The Morgan fingerprint density at radius 2 is 1.15 bits per heavy atom. The normalized spacial score (nSPS) is 11.5. The number of rotatable bonds is 3. The zero-order chi connectivity index (χ0) is 14.5. The van der Waals surface area contributed by atoms with Crippen molar-refractivity contribution < 1.29 is 10.2 Å². The lowest BCUT2D eigenvalue weighted by Gasteiger charge is -1.99. The molecule has 2 aromatic carbocycles. The Labute approximate surface area is 117 Å². The first kappa shape index (κ1) is 13.8. The van der Waals surface area contributed by atoms with E-state index in [1.807, 2.05) is 26.0 Å². The van der Waals surface area contributed by atoms with E-state index in [0.717, 1.165) is 11.1 Å². The van der Waals surface area contributed by atoms with Gasteiger partial charge in [-0.3, -0.25) is 0 Å². The smallest absolute Gasteiger partial charge is 0.124 e. The second-order valence-electron chi connectivity index (χ2n) is 4.61. The molecule has 0 amide bonds. The fourth-order valence-electron chi connectivity index (χ4n) is 1.72. The van der Waals surface area contributed by atoms with Crippen LogP contribution in [0.5, 0.6) is 11.5 Å². The second kappa shape index (κ2) is 6.02. The summed E-state index contributed by atoms with van der Waals surface area (Å²) >= 11 is 0. The van der Waals surface area contributed by atoms with E-state index in [0.29, 0.717) is 11.1 Å². The lowest BCUT2D eigenvalue weighted by Crippen LogP contribution is -1.85. The van der Waals surface area contributed by atoms with E-state index in [1.54, 1.807) is 24.3 Å². The molecule has 0 saturated carbocycles. The summed E-state index contributed by atoms with van der Waals surface area (Å²) in [7, 11) is 0. The minimum Gasteiger partial charge on any atom is -0.507 e. The number of hydrogen-bond donors (Lipinski definition) is 2. The third kappa shape index (κ3) is 3.45. The Bertz CT molecular complexity index is 617. The van der Waals surface area contributed by atoms with E-state index in [-0.39, 0.29) is 11.5 Å². The molecule has 0 fully saturated rings. The quantitative estimate of drug-likeness (QED) is 0.663. The van der Waals surface area contributed by atoms with Crippen molar-refractivity contribution in [1.82, 2.24) is 0 Å². The maximum Gasteiger partial charge on any atom is 0.124 e. The second-order valence-corrected chi connectivity index (χ2v) is 4.61. The largest absolute Gasteiger partial charge is 0.507 e. The summed E-state index contributed by atoms with van der Waals surface area (Å²) < 4.78 is 0. The first-order valence-corrected chi connectivity index (χ1v) is 6.22. The maximum atomic E-state index is 9.70. The average Bonchev–Trinajstić information content (AvgIpc) is 2.39. The van der Waals surface area contributed by atoms with Gasteiger partial charge in [-0.1, -0.05) is 12.1 Å². The molecule has 0 aliphatic heterocycles. The molecule has 0 aliphatic rings. The van der Waals surface area contributed by atoms with Crippen LogP contribution < -0.4 is 0 Å². The van der Waals surface area contributed by atoms with Crippen molar-refractivity contribution in [3.05, 3.63) is 58.7 Å². The summed E-state index contributed by atoms with van der Waals surface area (Å²) in [6.07, 6.45) is 2.94. The van der Waals surface area contributed by atoms with Crippen molar-refractivity contribution in [2.45, 2.75) is 13.8 Å². The van der Waals surface area contributed by atoms with Crippen molar-refractivity contribution in [3.63, 3.8) is 0 Å². The summed E-state index contributed by atoms with van der Waals surface area (Å²) in [5.41, 5.74) is 3.15. The van der Waals surface area contributed by atoms with Crippen LogP contribution in [0.4, 0.5) is 0 Å². The zero-order valence-corrected chi connectivity index (χ0v) is 11.4. The van der Waals surface area contributed by atoms with Crippen LogP contribution in [0.15, 0.2) is 46.6 Å². The molecule has 2 rings (SSSR count). The molecule has 0 heterocycles. The van der Waals surface area contributed by atoms with Crippen molar-refractivity contribution in [2.24, 2.45) is 10.2 Å². The number of nitrogens with zero attached hydrogens (tertiary/aromatic N) is 2. The van der Waals surface area contributed by atoms with Gasteiger partial charge in [-0.2, -0.15) is 10.2 Å². The molecule has 0 aliphatic carbocycles. The summed E-state index contributed by atoms with van der Waals surface area (Å²) in [5.74, 6) is 0.337. The Hall–Kier alpha value is -2.62. The van der Waals surface area contributed by atoms with E-state index in [2.05, 4.69) is 10.2 Å². The zero-order valence-electron chi connectivity index (χ0n) is 11.4. The van der Waals surface area contributed by atoms with E-state index in [4.69, 9.17) is 0 Å². The van der Waals surface area contributed by atoms with Gasteiger partial charge in [0.1, 0.15) is 11.5 Å². The summed E-state index contributed by atoms with van der Waals surface area (Å²) in [5, 5.41) is 27.1. The summed E-state index contributed by atoms with van der Waals surface area (Å²) in [6.45, 7) is 3.80. The molecule has 0 atom stereocenters. The number of phenols is 2. The topological polar surface area (TPSA) is 65.2 Å². The third-order valence-electron chi connectivity index (χ3n) is 2.83. The van der Waals surface area contributed by atoms with Crippen LogP contribution in [0, 0.1) is 13.8 Å². The predicted octanol–water partition coefficient (Wildman–Crippen LogP) is 3.17. The summed E-state index contributed by atoms with van der Waals surface area (Å²) in [4.78, 5) is 0. The molecular formula is C16H16N2O2. The minimum absolute atomic E-state index is 0.169. The number of phenolic OH excluding ortho intramolecular Hbond substituents is 2. The van der Waals surface area contributed by atoms with Crippen LogP contribution in [0.1, 0.15) is 22.3 Å². The van der Waals surface area contributed by atoms with Crippen LogP contribution in [-0.4, -0.2) is 22.6 Å². The van der Waals surface area contributed by atoms with E-state index >= 15 is 0 Å². The van der Waals surface area contributed by atoms with E-state index < -0.39 is 0 Å². The van der Waals surface area contributed by atoms with Crippen molar-refractivity contribution >= 4 is 12.4 Å². The maximum absolute atomic E-state index is 9.70. The lowest BCUT2D eigenvalue weighted by atomic mass is 10.1. The van der Waals surface area contributed by atoms with Gasteiger partial charge in [-0.25, -0.2) is 0 Å². The monoisotopic (exact) mass is 268 g/mol. The molecule has 0 radical (unpaired) electrons. The molecule has 2 aromatic rings. The Kier molecular flexibility index (Phi) is 4.15. The van der Waals surface area contributed by atoms with Gasteiger partial charge in [-0.05, 0) is 49.2 Å². The van der Waals surface area contributed by atoms with Crippen LogP contribution in [0.3, 0.4) is 0 Å². The van der Waals surface area contributed by atoms with Crippen molar-refractivity contribution in [3.8, 4) is 11.5 Å². The minimum atomic E-state index is 0.169. The molecule has 102 valence electrons. The van der Waals surface area contributed by atoms with Crippen molar-refractivity contribution in [1.29, 1.82) is 0 Å². The molecule has 0 bridgehead atoms. The number of aromatic hydroxyl groups is 2. The first-order valence-electron chi connectivity index (χ1n) is 6.22. The number of aryl methyl sites for hydroxylation is 2. The van der Waals surface area contributed by atoms with Gasteiger partial charge < -0.3 is 10.2 Å². The molecule has 0 saturated heterocycles. The van der Waals surface area contributed by atoms with Crippen LogP contribution in [0.25, 0.3) is 0 Å². The molecule has 0 unspecified atom stereocenters. The molecule has 20 heavy (non-hydrogen) atoms. The molecule has 4 heteroatoms. The van der Waals surface area contributed by atoms with Crippen LogP contribution in [0.2, 0.25) is 0 Å². The van der Waals surface area contributed by atoms with Gasteiger partial charge in [0.2, 0.25) is 0 Å². The Morgan fingerprint density at radius 3 is 1.50 bits per heavy atom. The first-order chi connectivity index (χ1) is 9.56. The highest BCUT2D eigenvalue weighted by atomic mass is 16.3. The lowest BCUT2D eigenvalue weighted by molar-refractivity contribution is 0.473. The van der Waals surface area contributed by atoms with Crippen LogP contribution in [-0.2, 0) is 0 Å². The average molecular weight is 268 g/mol. The summed E-state index contributed by atoms with van der Waals surface area (Å²) in [6, 6.07) is 10.6. The molecule has 2 N–H and O–H groups in total. The SMILES string of the molecule is Cc1ccc(/C=N/N=C/c2ccc(C)cc2O)c(O)c1. The highest BCUT2D eigenvalue weighted by Crippen LogP contribution is 2.17. The number of benzene rings is 2. The van der Waals surface area contributed by atoms with E-state index in [1.165, 1.54) is 12.4 Å². The van der Waals surface area contributed by atoms with E-state index in [9.17, 15) is 10.2 Å². The van der Waals surface area contributed by atoms with Crippen molar-refractivity contribution in [2.75, 3.05) is 0 Å². The predicted molar refractivity (Wildman–Crippen MR) is 80.9 cm³/mol. The fraction of sp³-hybridized carbons (Fsp3) is 0.125. The molecule has 0 aromatic heterocycles. The fourth-order valence-corrected chi connectivity index (χ4v) is 1.72. The number of hydrogen-bond acceptors (Lipinski definition) is 4. The Balaban J connectivity index is 2.11.